The van der Waals surface area contributed by atoms with E-state index in [1.165, 1.54) is 22.0 Å². The summed E-state index contributed by atoms with van der Waals surface area (Å²) in [6, 6.07) is 16.7. The smallest absolute Gasteiger partial charge is 0.0456 e. The second kappa shape index (κ2) is 6.49. The molecule has 0 spiro atoms. The Morgan fingerprint density at radius 1 is 1.05 bits per heavy atom. The molecule has 0 aliphatic rings. The predicted molar refractivity (Wildman–Crippen MR) is 98.3 cm³/mol. The van der Waals surface area contributed by atoms with E-state index in [2.05, 4.69) is 61.4 Å². The number of hydrogen-bond acceptors (Lipinski definition) is 2. The first-order chi connectivity index (χ1) is 10.6. The summed E-state index contributed by atoms with van der Waals surface area (Å²) in [6.45, 7) is 4.48. The van der Waals surface area contributed by atoms with Crippen molar-refractivity contribution in [1.29, 1.82) is 0 Å². The number of rotatable bonds is 5. The molecule has 3 N–H and O–H groups in total. The van der Waals surface area contributed by atoms with Gasteiger partial charge in [-0.3, -0.25) is 0 Å². The fourth-order valence-corrected chi connectivity index (χ4v) is 4.16. The quantitative estimate of drug-likeness (QED) is 0.638. The highest BCUT2D eigenvalue weighted by molar-refractivity contribution is 8.00. The molecule has 0 bridgehead atoms. The van der Waals surface area contributed by atoms with Crippen LogP contribution in [0.3, 0.4) is 0 Å². The predicted octanol–water partition coefficient (Wildman–Crippen LogP) is 5.18. The SMILES string of the molecule is CC(C)SC(Cc1c[nH]c2ccccc12)c1ccccc1N. The van der Waals surface area contributed by atoms with Gasteiger partial charge in [0.05, 0.1) is 0 Å². The first-order valence-electron chi connectivity index (χ1n) is 7.70. The van der Waals surface area contributed by atoms with Gasteiger partial charge in [0.25, 0.3) is 0 Å². The maximum Gasteiger partial charge on any atom is 0.0456 e. The maximum absolute atomic E-state index is 6.22. The molecule has 0 saturated heterocycles. The van der Waals surface area contributed by atoms with Crippen LogP contribution in [0.5, 0.6) is 0 Å². The lowest BCUT2D eigenvalue weighted by atomic mass is 10.0. The van der Waals surface area contributed by atoms with Crippen molar-refractivity contribution in [3.63, 3.8) is 0 Å². The number of nitrogens with two attached hydrogens (primary N) is 1. The van der Waals surface area contributed by atoms with Gasteiger partial charge in [-0.1, -0.05) is 50.2 Å². The Morgan fingerprint density at radius 3 is 2.55 bits per heavy atom. The van der Waals surface area contributed by atoms with E-state index in [0.29, 0.717) is 10.5 Å². The minimum Gasteiger partial charge on any atom is -0.398 e. The number of anilines is 1. The van der Waals surface area contributed by atoms with Crippen LogP contribution < -0.4 is 5.73 Å². The molecular weight excluding hydrogens is 288 g/mol. The van der Waals surface area contributed by atoms with Gasteiger partial charge in [0.1, 0.15) is 0 Å². The lowest BCUT2D eigenvalue weighted by Gasteiger charge is -2.20. The third-order valence-electron chi connectivity index (χ3n) is 3.86. The molecule has 3 aromatic rings. The summed E-state index contributed by atoms with van der Waals surface area (Å²) in [5.74, 6) is 0. The molecule has 3 heteroatoms. The van der Waals surface area contributed by atoms with Gasteiger partial charge in [0.15, 0.2) is 0 Å². The summed E-state index contributed by atoms with van der Waals surface area (Å²) in [7, 11) is 0. The van der Waals surface area contributed by atoms with E-state index in [1.807, 2.05) is 23.9 Å². The van der Waals surface area contributed by atoms with Gasteiger partial charge in [0.2, 0.25) is 0 Å². The summed E-state index contributed by atoms with van der Waals surface area (Å²) in [4.78, 5) is 3.37. The van der Waals surface area contributed by atoms with Crippen LogP contribution >= 0.6 is 11.8 Å². The number of thioether (sulfide) groups is 1. The van der Waals surface area contributed by atoms with Crippen molar-refractivity contribution in [2.45, 2.75) is 30.8 Å². The normalized spacial score (nSPS) is 12.9. The van der Waals surface area contributed by atoms with E-state index >= 15 is 0 Å². The molecule has 0 aliphatic heterocycles. The zero-order valence-corrected chi connectivity index (χ0v) is 13.9. The Bertz CT molecular complexity index is 761. The van der Waals surface area contributed by atoms with Crippen LogP contribution in [0.15, 0.2) is 54.7 Å². The van der Waals surface area contributed by atoms with E-state index in [9.17, 15) is 0 Å². The lowest BCUT2D eigenvalue weighted by molar-refractivity contribution is 0.927. The minimum absolute atomic E-state index is 0.375. The zero-order chi connectivity index (χ0) is 15.5. The van der Waals surface area contributed by atoms with Crippen molar-refractivity contribution in [3.8, 4) is 0 Å². The standard InChI is InChI=1S/C19H22N2S/c1-13(2)22-19(16-8-3-5-9-17(16)20)11-14-12-21-18-10-6-4-7-15(14)18/h3-10,12-13,19,21H,11,20H2,1-2H3. The first kappa shape index (κ1) is 15.0. The monoisotopic (exact) mass is 310 g/mol. The Kier molecular flexibility index (Phi) is 4.44. The second-order valence-corrected chi connectivity index (χ2v) is 7.65. The van der Waals surface area contributed by atoms with Crippen molar-refractivity contribution >= 4 is 28.4 Å². The Hall–Kier alpha value is -1.87. The van der Waals surface area contributed by atoms with Crippen LogP contribution in [0.2, 0.25) is 0 Å². The molecule has 2 aromatic carbocycles. The molecule has 3 rings (SSSR count). The highest BCUT2D eigenvalue weighted by Crippen LogP contribution is 2.38. The first-order valence-corrected chi connectivity index (χ1v) is 8.64. The fourth-order valence-electron chi connectivity index (χ4n) is 2.86. The van der Waals surface area contributed by atoms with Crippen molar-refractivity contribution in [2.24, 2.45) is 0 Å². The summed E-state index contributed by atoms with van der Waals surface area (Å²) in [5, 5.41) is 2.25. The molecule has 1 atom stereocenters. The number of nitrogens with one attached hydrogen (secondary N) is 1. The molecule has 1 heterocycles. The number of hydrogen-bond donors (Lipinski definition) is 2. The number of benzene rings is 2. The Balaban J connectivity index is 1.95. The molecule has 114 valence electrons. The average molecular weight is 310 g/mol. The molecule has 2 nitrogen and oxygen atoms in total. The van der Waals surface area contributed by atoms with Crippen LogP contribution in [0.25, 0.3) is 10.9 Å². The number of H-pyrrole nitrogens is 1. The molecule has 0 fully saturated rings. The maximum atomic E-state index is 6.22. The van der Waals surface area contributed by atoms with Gasteiger partial charge in [-0.25, -0.2) is 0 Å². The van der Waals surface area contributed by atoms with Crippen LogP contribution in [-0.2, 0) is 6.42 Å². The second-order valence-electron chi connectivity index (χ2n) is 5.87. The summed E-state index contributed by atoms with van der Waals surface area (Å²) in [6.07, 6.45) is 3.12. The highest BCUT2D eigenvalue weighted by atomic mass is 32.2. The van der Waals surface area contributed by atoms with E-state index in [1.54, 1.807) is 0 Å². The number of aromatic nitrogens is 1. The largest absolute Gasteiger partial charge is 0.398 e. The van der Waals surface area contributed by atoms with Gasteiger partial charge < -0.3 is 10.7 Å². The van der Waals surface area contributed by atoms with Gasteiger partial charge in [0, 0.05) is 28.0 Å². The molecule has 0 radical (unpaired) electrons. The van der Waals surface area contributed by atoms with Crippen molar-refractivity contribution < 1.29 is 0 Å². The number of para-hydroxylation sites is 2. The number of aromatic amines is 1. The Morgan fingerprint density at radius 2 is 1.77 bits per heavy atom. The summed E-state index contributed by atoms with van der Waals surface area (Å²) in [5.41, 5.74) is 10.9. The minimum atomic E-state index is 0.375. The fraction of sp³-hybridized carbons (Fsp3) is 0.263. The Labute approximate surface area is 136 Å². The molecule has 1 unspecified atom stereocenters. The van der Waals surface area contributed by atoms with Crippen LogP contribution in [0.1, 0.15) is 30.2 Å². The van der Waals surface area contributed by atoms with E-state index in [0.717, 1.165) is 12.1 Å². The van der Waals surface area contributed by atoms with Gasteiger partial charge in [-0.2, -0.15) is 11.8 Å². The molecule has 22 heavy (non-hydrogen) atoms. The molecular formula is C19H22N2S. The number of fused-ring (bicyclic) bond motifs is 1. The molecule has 1 aromatic heterocycles. The van der Waals surface area contributed by atoms with Crippen LogP contribution in [0.4, 0.5) is 5.69 Å². The van der Waals surface area contributed by atoms with Gasteiger partial charge in [-0.15, -0.1) is 0 Å². The van der Waals surface area contributed by atoms with Gasteiger partial charge >= 0.3 is 0 Å². The molecule has 0 saturated carbocycles. The number of nitrogen functional groups attached to an aromatic ring is 1. The van der Waals surface area contributed by atoms with E-state index in [-0.39, 0.29) is 0 Å². The van der Waals surface area contributed by atoms with E-state index < -0.39 is 0 Å². The third kappa shape index (κ3) is 3.14. The summed E-state index contributed by atoms with van der Waals surface area (Å²) >= 11 is 1.98. The zero-order valence-electron chi connectivity index (χ0n) is 13.0. The summed E-state index contributed by atoms with van der Waals surface area (Å²) < 4.78 is 0. The highest BCUT2D eigenvalue weighted by Gasteiger charge is 2.18. The van der Waals surface area contributed by atoms with Crippen LogP contribution in [-0.4, -0.2) is 10.2 Å². The third-order valence-corrected chi connectivity index (χ3v) is 5.15. The average Bonchev–Trinajstić information content (AvgIpc) is 2.90. The topological polar surface area (TPSA) is 41.8 Å². The van der Waals surface area contributed by atoms with Crippen molar-refractivity contribution in [3.05, 3.63) is 65.9 Å². The molecule has 0 amide bonds. The van der Waals surface area contributed by atoms with Crippen molar-refractivity contribution in [2.75, 3.05) is 5.73 Å². The molecule has 0 aliphatic carbocycles. The van der Waals surface area contributed by atoms with Gasteiger partial charge in [-0.05, 0) is 34.9 Å². The van der Waals surface area contributed by atoms with E-state index in [4.69, 9.17) is 5.73 Å². The van der Waals surface area contributed by atoms with Crippen LogP contribution in [0, 0.1) is 0 Å². The lowest BCUT2D eigenvalue weighted by Crippen LogP contribution is -2.05. The van der Waals surface area contributed by atoms with Crippen molar-refractivity contribution in [1.82, 2.24) is 4.98 Å².